The Kier molecular flexibility index (Phi) is 7.14. The summed E-state index contributed by atoms with van der Waals surface area (Å²) < 4.78 is 26.8. The van der Waals surface area contributed by atoms with Crippen LogP contribution in [0.1, 0.15) is 41.3 Å². The Morgan fingerprint density at radius 3 is 2.24 bits per heavy atom. The summed E-state index contributed by atoms with van der Waals surface area (Å²) in [6.07, 6.45) is 2.00. The van der Waals surface area contributed by atoms with Crippen LogP contribution in [0.3, 0.4) is 0 Å². The summed E-state index contributed by atoms with van der Waals surface area (Å²) in [6.45, 7) is 4.81. The molecule has 0 radical (unpaired) electrons. The fraction of sp³-hybridized carbons (Fsp3) is 0.222. The van der Waals surface area contributed by atoms with Crippen LogP contribution in [-0.2, 0) is 10.0 Å². The summed E-state index contributed by atoms with van der Waals surface area (Å²) in [5.74, 6) is -0.281. The molecule has 34 heavy (non-hydrogen) atoms. The van der Waals surface area contributed by atoms with Crippen LogP contribution < -0.4 is 5.32 Å². The Bertz CT molecular complexity index is 1360. The summed E-state index contributed by atoms with van der Waals surface area (Å²) in [6, 6.07) is 24.3. The summed E-state index contributed by atoms with van der Waals surface area (Å²) >= 11 is 0. The normalized spacial score (nSPS) is 12.7. The van der Waals surface area contributed by atoms with Crippen molar-refractivity contribution < 1.29 is 13.2 Å². The average Bonchev–Trinajstić information content (AvgIpc) is 3.29. The van der Waals surface area contributed by atoms with E-state index in [2.05, 4.69) is 28.5 Å². The second kappa shape index (κ2) is 10.2. The zero-order valence-electron chi connectivity index (χ0n) is 19.4. The maximum absolute atomic E-state index is 12.9. The number of rotatable bonds is 9. The maximum atomic E-state index is 12.9. The maximum Gasteiger partial charge on any atom is 0.251 e. The molecule has 0 saturated carbocycles. The number of hydrogen-bond acceptors (Lipinski definition) is 3. The van der Waals surface area contributed by atoms with Crippen molar-refractivity contribution in [2.45, 2.75) is 24.7 Å². The number of benzene rings is 3. The van der Waals surface area contributed by atoms with E-state index in [1.54, 1.807) is 26.0 Å². The van der Waals surface area contributed by atoms with E-state index in [4.69, 9.17) is 0 Å². The lowest BCUT2D eigenvalue weighted by molar-refractivity contribution is 0.0952. The van der Waals surface area contributed by atoms with Gasteiger partial charge in [-0.2, -0.15) is 4.31 Å². The molecule has 0 aliphatic carbocycles. The van der Waals surface area contributed by atoms with E-state index in [0.29, 0.717) is 25.2 Å². The molecule has 7 heteroatoms. The monoisotopic (exact) mass is 475 g/mol. The van der Waals surface area contributed by atoms with Gasteiger partial charge < -0.3 is 10.3 Å². The van der Waals surface area contributed by atoms with Gasteiger partial charge in [-0.25, -0.2) is 8.42 Å². The molecule has 1 heterocycles. The van der Waals surface area contributed by atoms with Crippen molar-refractivity contribution in [2.75, 3.05) is 19.6 Å². The first-order valence-electron chi connectivity index (χ1n) is 11.4. The van der Waals surface area contributed by atoms with Crippen LogP contribution in [0, 0.1) is 0 Å². The fourth-order valence-electron chi connectivity index (χ4n) is 4.26. The second-order valence-electron chi connectivity index (χ2n) is 8.08. The highest BCUT2D eigenvalue weighted by molar-refractivity contribution is 7.89. The summed E-state index contributed by atoms with van der Waals surface area (Å²) in [4.78, 5) is 16.5. The Hall–Kier alpha value is -3.42. The van der Waals surface area contributed by atoms with E-state index >= 15 is 0 Å². The number of nitrogens with zero attached hydrogens (tertiary/aromatic N) is 1. The molecule has 1 atom stereocenters. The number of hydrogen-bond donors (Lipinski definition) is 2. The first-order valence-corrected chi connectivity index (χ1v) is 12.9. The van der Waals surface area contributed by atoms with E-state index in [9.17, 15) is 13.2 Å². The molecule has 0 spiro atoms. The molecule has 176 valence electrons. The fourth-order valence-corrected chi connectivity index (χ4v) is 5.72. The van der Waals surface area contributed by atoms with Gasteiger partial charge in [0.15, 0.2) is 0 Å². The van der Waals surface area contributed by atoms with Crippen molar-refractivity contribution in [1.29, 1.82) is 0 Å². The number of para-hydroxylation sites is 1. The minimum absolute atomic E-state index is 0.0383. The lowest BCUT2D eigenvalue weighted by Gasteiger charge is -2.19. The Balaban J connectivity index is 1.55. The molecule has 4 rings (SSSR count). The van der Waals surface area contributed by atoms with Crippen molar-refractivity contribution in [3.63, 3.8) is 0 Å². The predicted octanol–water partition coefficient (Wildman–Crippen LogP) is 4.76. The predicted molar refractivity (Wildman–Crippen MR) is 135 cm³/mol. The van der Waals surface area contributed by atoms with Crippen LogP contribution in [-0.4, -0.2) is 43.2 Å². The minimum atomic E-state index is -3.56. The molecule has 0 aliphatic rings. The number of aromatic amines is 1. The van der Waals surface area contributed by atoms with E-state index in [0.717, 1.165) is 22.0 Å². The molecule has 6 nitrogen and oxygen atoms in total. The second-order valence-corrected chi connectivity index (χ2v) is 10.0. The van der Waals surface area contributed by atoms with E-state index in [1.165, 1.54) is 16.4 Å². The van der Waals surface area contributed by atoms with Gasteiger partial charge in [0.2, 0.25) is 10.0 Å². The first kappa shape index (κ1) is 23.7. The van der Waals surface area contributed by atoms with Crippen molar-refractivity contribution in [1.82, 2.24) is 14.6 Å². The third-order valence-corrected chi connectivity index (χ3v) is 8.19. The Morgan fingerprint density at radius 1 is 0.912 bits per heavy atom. The van der Waals surface area contributed by atoms with Gasteiger partial charge in [-0.05, 0) is 41.5 Å². The van der Waals surface area contributed by atoms with Crippen LogP contribution in [0.15, 0.2) is 90.0 Å². The number of carbonyl (C=O) groups is 1. The van der Waals surface area contributed by atoms with Gasteiger partial charge in [0.25, 0.3) is 5.91 Å². The highest BCUT2D eigenvalue weighted by atomic mass is 32.2. The van der Waals surface area contributed by atoms with E-state index < -0.39 is 10.0 Å². The SMILES string of the molecule is CCN(CC)S(=O)(=O)c1ccc(C(=O)NCC(c2ccccc2)c2c[nH]c3ccccc23)cc1. The van der Waals surface area contributed by atoms with Gasteiger partial charge in [0, 0.05) is 48.2 Å². The highest BCUT2D eigenvalue weighted by Crippen LogP contribution is 2.30. The number of carbonyl (C=O) groups excluding carboxylic acids is 1. The first-order chi connectivity index (χ1) is 16.5. The van der Waals surface area contributed by atoms with E-state index in [1.807, 2.05) is 42.6 Å². The largest absolute Gasteiger partial charge is 0.361 e. The van der Waals surface area contributed by atoms with Gasteiger partial charge in [-0.15, -0.1) is 0 Å². The lowest BCUT2D eigenvalue weighted by atomic mass is 9.91. The average molecular weight is 476 g/mol. The number of nitrogens with one attached hydrogen (secondary N) is 2. The van der Waals surface area contributed by atoms with Crippen molar-refractivity contribution >= 4 is 26.8 Å². The standard InChI is InChI=1S/C27H29N3O3S/c1-3-30(4-2)34(32,33)22-16-14-21(15-17-22)27(31)29-18-24(20-10-6-5-7-11-20)25-19-28-26-13-9-8-12-23(25)26/h5-17,19,24,28H,3-4,18H2,1-2H3,(H,29,31). The molecule has 0 saturated heterocycles. The van der Waals surface area contributed by atoms with Gasteiger partial charge >= 0.3 is 0 Å². The highest BCUT2D eigenvalue weighted by Gasteiger charge is 2.22. The molecular formula is C27H29N3O3S. The van der Waals surface area contributed by atoms with Crippen LogP contribution in [0.5, 0.6) is 0 Å². The zero-order valence-corrected chi connectivity index (χ0v) is 20.2. The van der Waals surface area contributed by atoms with Crippen LogP contribution in [0.2, 0.25) is 0 Å². The number of amides is 1. The molecule has 1 aromatic heterocycles. The van der Waals surface area contributed by atoms with Gasteiger partial charge in [-0.1, -0.05) is 62.4 Å². The van der Waals surface area contributed by atoms with Crippen molar-refractivity contribution in [3.8, 4) is 0 Å². The molecule has 0 fully saturated rings. The molecule has 0 aliphatic heterocycles. The van der Waals surface area contributed by atoms with Crippen molar-refractivity contribution in [3.05, 3.63) is 102 Å². The third kappa shape index (κ3) is 4.76. The van der Waals surface area contributed by atoms with Crippen molar-refractivity contribution in [2.24, 2.45) is 0 Å². The Morgan fingerprint density at radius 2 is 1.56 bits per heavy atom. The quantitative estimate of drug-likeness (QED) is 0.366. The molecule has 4 aromatic rings. The molecule has 2 N–H and O–H groups in total. The number of aromatic nitrogens is 1. The number of H-pyrrole nitrogens is 1. The lowest BCUT2D eigenvalue weighted by Crippen LogP contribution is -2.31. The minimum Gasteiger partial charge on any atom is -0.361 e. The topological polar surface area (TPSA) is 82.3 Å². The molecule has 0 bridgehead atoms. The van der Waals surface area contributed by atoms with Crippen LogP contribution >= 0.6 is 0 Å². The molecule has 1 amide bonds. The number of sulfonamides is 1. The number of fused-ring (bicyclic) bond motifs is 1. The molecular weight excluding hydrogens is 446 g/mol. The van der Waals surface area contributed by atoms with Gasteiger partial charge in [-0.3, -0.25) is 4.79 Å². The van der Waals surface area contributed by atoms with Crippen LogP contribution in [0.4, 0.5) is 0 Å². The van der Waals surface area contributed by atoms with Gasteiger partial charge in [0.05, 0.1) is 4.90 Å². The summed E-state index contributed by atoms with van der Waals surface area (Å²) in [5.41, 5.74) is 3.69. The zero-order chi connectivity index (χ0) is 24.1. The van der Waals surface area contributed by atoms with Crippen LogP contribution in [0.25, 0.3) is 10.9 Å². The molecule has 1 unspecified atom stereocenters. The van der Waals surface area contributed by atoms with Gasteiger partial charge in [0.1, 0.15) is 0 Å². The smallest absolute Gasteiger partial charge is 0.251 e. The summed E-state index contributed by atoms with van der Waals surface area (Å²) in [5, 5.41) is 4.16. The summed E-state index contributed by atoms with van der Waals surface area (Å²) in [7, 11) is -3.56. The third-order valence-electron chi connectivity index (χ3n) is 6.13. The molecule has 3 aromatic carbocycles. The Labute approximate surface area is 200 Å². The van der Waals surface area contributed by atoms with E-state index in [-0.39, 0.29) is 16.7 Å².